The molecular weight excluding hydrogens is 457 g/mol. The molecule has 2 aromatic carbocycles. The highest BCUT2D eigenvalue weighted by atomic mass is 35.5. The molecule has 0 saturated heterocycles. The first-order chi connectivity index (χ1) is 15.7. The van der Waals surface area contributed by atoms with Gasteiger partial charge >= 0.3 is 6.18 Å². The van der Waals surface area contributed by atoms with Gasteiger partial charge in [-0.2, -0.15) is 13.2 Å². The van der Waals surface area contributed by atoms with E-state index in [0.717, 1.165) is 0 Å². The highest BCUT2D eigenvalue weighted by Gasteiger charge is 2.56. The van der Waals surface area contributed by atoms with Gasteiger partial charge in [0.15, 0.2) is 0 Å². The van der Waals surface area contributed by atoms with Crippen molar-refractivity contribution in [2.24, 2.45) is 11.1 Å². The van der Waals surface area contributed by atoms with Crippen molar-refractivity contribution in [1.82, 2.24) is 4.98 Å². The fraction of sp³-hybridized carbons (Fsp3) is 0.250. The minimum Gasteiger partial charge on any atom is -0.457 e. The molecule has 1 saturated carbocycles. The second-order valence-corrected chi connectivity index (χ2v) is 8.16. The van der Waals surface area contributed by atoms with Crippen molar-refractivity contribution in [3.8, 4) is 22.6 Å². The molecule has 2 atom stereocenters. The van der Waals surface area contributed by atoms with Gasteiger partial charge in [-0.05, 0) is 54.7 Å². The third kappa shape index (κ3) is 4.90. The lowest BCUT2D eigenvalue weighted by molar-refractivity contribution is -0.148. The predicted molar refractivity (Wildman–Crippen MR) is 120 cm³/mol. The molecule has 4 rings (SSSR count). The summed E-state index contributed by atoms with van der Waals surface area (Å²) in [5.41, 5.74) is 2.22. The van der Waals surface area contributed by atoms with Crippen molar-refractivity contribution in [1.29, 1.82) is 0 Å². The SMILES string of the molecule is CO/N=C/c1[nH]c(C)c(Cl)c(=O)c1-c1ccc(Oc2ccc(C3CC3C(F)(F)F)cc2)cc1. The molecule has 1 aliphatic rings. The highest BCUT2D eigenvalue weighted by molar-refractivity contribution is 6.31. The number of halogens is 4. The average molecular weight is 477 g/mol. The molecule has 1 heterocycles. The van der Waals surface area contributed by atoms with Crippen LogP contribution in [0.15, 0.2) is 58.5 Å². The van der Waals surface area contributed by atoms with Crippen molar-refractivity contribution >= 4 is 17.8 Å². The maximum Gasteiger partial charge on any atom is 0.392 e. The monoisotopic (exact) mass is 476 g/mol. The third-order valence-corrected chi connectivity index (χ3v) is 5.99. The van der Waals surface area contributed by atoms with Crippen molar-refractivity contribution in [3.05, 3.63) is 80.7 Å². The summed E-state index contributed by atoms with van der Waals surface area (Å²) >= 11 is 6.14. The first-order valence-electron chi connectivity index (χ1n) is 10.1. The van der Waals surface area contributed by atoms with E-state index >= 15 is 0 Å². The van der Waals surface area contributed by atoms with Crippen molar-refractivity contribution in [2.45, 2.75) is 25.4 Å². The first kappa shape index (κ1) is 22.9. The van der Waals surface area contributed by atoms with Gasteiger partial charge in [-0.3, -0.25) is 4.79 Å². The molecule has 0 radical (unpaired) electrons. The zero-order valence-corrected chi connectivity index (χ0v) is 18.5. The summed E-state index contributed by atoms with van der Waals surface area (Å²) in [5.74, 6) is -0.727. The molecule has 33 heavy (non-hydrogen) atoms. The zero-order chi connectivity index (χ0) is 23.8. The minimum absolute atomic E-state index is 0.0865. The number of aromatic nitrogens is 1. The molecule has 9 heteroatoms. The Labute approximate surface area is 192 Å². The minimum atomic E-state index is -4.15. The van der Waals surface area contributed by atoms with Crippen molar-refractivity contribution in [2.75, 3.05) is 7.11 Å². The topological polar surface area (TPSA) is 63.7 Å². The van der Waals surface area contributed by atoms with Gasteiger partial charge in [-0.25, -0.2) is 0 Å². The number of oxime groups is 1. The Balaban J connectivity index is 1.52. The van der Waals surface area contributed by atoms with Gasteiger partial charge in [-0.15, -0.1) is 0 Å². The summed E-state index contributed by atoms with van der Waals surface area (Å²) in [6.45, 7) is 1.69. The number of hydrogen-bond donors (Lipinski definition) is 1. The number of ether oxygens (including phenoxy) is 1. The molecule has 3 aromatic rings. The lowest BCUT2D eigenvalue weighted by atomic mass is 10.0. The zero-order valence-electron chi connectivity index (χ0n) is 17.7. The van der Waals surface area contributed by atoms with Crippen LogP contribution in [0.2, 0.25) is 5.02 Å². The first-order valence-corrected chi connectivity index (χ1v) is 10.5. The number of pyridine rings is 1. The van der Waals surface area contributed by atoms with Gasteiger partial charge in [0, 0.05) is 5.69 Å². The highest BCUT2D eigenvalue weighted by Crippen LogP contribution is 2.56. The van der Waals surface area contributed by atoms with Crippen LogP contribution in [0.4, 0.5) is 13.2 Å². The van der Waals surface area contributed by atoms with E-state index < -0.39 is 18.0 Å². The summed E-state index contributed by atoms with van der Waals surface area (Å²) in [6, 6.07) is 13.4. The molecule has 0 aliphatic heterocycles. The van der Waals surface area contributed by atoms with Crippen LogP contribution in [-0.4, -0.2) is 24.5 Å². The van der Waals surface area contributed by atoms with Gasteiger partial charge in [0.25, 0.3) is 0 Å². The second kappa shape index (κ2) is 8.94. The molecule has 1 fully saturated rings. The van der Waals surface area contributed by atoms with Gasteiger partial charge in [0.05, 0.1) is 23.4 Å². The van der Waals surface area contributed by atoms with Crippen LogP contribution in [0.3, 0.4) is 0 Å². The summed E-state index contributed by atoms with van der Waals surface area (Å²) in [6.07, 6.45) is -2.63. The number of H-pyrrole nitrogens is 1. The van der Waals surface area contributed by atoms with E-state index in [1.807, 2.05) is 0 Å². The third-order valence-electron chi connectivity index (χ3n) is 5.53. The van der Waals surface area contributed by atoms with Crippen LogP contribution in [0, 0.1) is 12.8 Å². The van der Waals surface area contributed by atoms with Gasteiger partial charge in [0.1, 0.15) is 23.6 Å². The van der Waals surface area contributed by atoms with E-state index in [-0.39, 0.29) is 16.9 Å². The van der Waals surface area contributed by atoms with E-state index in [0.29, 0.717) is 39.6 Å². The molecule has 1 aliphatic carbocycles. The molecule has 172 valence electrons. The number of hydrogen-bond acceptors (Lipinski definition) is 4. The Morgan fingerprint density at radius 2 is 1.70 bits per heavy atom. The van der Waals surface area contributed by atoms with Crippen LogP contribution >= 0.6 is 11.6 Å². The summed E-state index contributed by atoms with van der Waals surface area (Å²) in [5, 5.41) is 3.82. The second-order valence-electron chi connectivity index (χ2n) is 7.78. The molecule has 0 amide bonds. The molecular formula is C24H20ClF3N2O3. The van der Waals surface area contributed by atoms with Gasteiger partial charge < -0.3 is 14.6 Å². The van der Waals surface area contributed by atoms with Gasteiger partial charge in [0.2, 0.25) is 5.43 Å². The van der Waals surface area contributed by atoms with E-state index in [2.05, 4.69) is 10.1 Å². The smallest absolute Gasteiger partial charge is 0.392 e. The van der Waals surface area contributed by atoms with Crippen molar-refractivity contribution in [3.63, 3.8) is 0 Å². The number of nitrogens with zero attached hydrogens (tertiary/aromatic N) is 1. The largest absolute Gasteiger partial charge is 0.457 e. The standard InChI is InChI=1S/C24H20ClF3N2O3/c1-13-22(25)23(31)21(20(30-13)12-29-32-2)15-5-9-17(10-6-15)33-16-7-3-14(4-8-16)18-11-19(18)24(26,27)28/h3-10,12,18-19H,11H2,1-2H3,(H,30,31)/b29-12+. The van der Waals surface area contributed by atoms with Crippen LogP contribution in [0.5, 0.6) is 11.5 Å². The fourth-order valence-corrected chi connectivity index (χ4v) is 3.89. The summed E-state index contributed by atoms with van der Waals surface area (Å²) in [7, 11) is 1.40. The number of aromatic amines is 1. The van der Waals surface area contributed by atoms with E-state index in [9.17, 15) is 18.0 Å². The number of aryl methyl sites for hydroxylation is 1. The summed E-state index contributed by atoms with van der Waals surface area (Å²) < 4.78 is 44.2. The lowest BCUT2D eigenvalue weighted by Gasteiger charge is -2.11. The van der Waals surface area contributed by atoms with E-state index in [1.54, 1.807) is 55.5 Å². The Hall–Kier alpha value is -3.26. The Morgan fingerprint density at radius 3 is 2.24 bits per heavy atom. The Bertz CT molecular complexity index is 1240. The van der Waals surface area contributed by atoms with Crippen LogP contribution in [0.1, 0.15) is 29.3 Å². The van der Waals surface area contributed by atoms with Crippen LogP contribution in [-0.2, 0) is 4.84 Å². The number of alkyl halides is 3. The number of benzene rings is 2. The lowest BCUT2D eigenvalue weighted by Crippen LogP contribution is -2.13. The summed E-state index contributed by atoms with van der Waals surface area (Å²) in [4.78, 5) is 20.5. The van der Waals surface area contributed by atoms with Crippen molar-refractivity contribution < 1.29 is 22.7 Å². The Kier molecular flexibility index (Phi) is 6.21. The fourth-order valence-electron chi connectivity index (χ4n) is 3.74. The number of nitrogens with one attached hydrogen (secondary N) is 1. The molecule has 0 spiro atoms. The predicted octanol–water partition coefficient (Wildman–Crippen LogP) is 6.44. The average Bonchev–Trinajstić information content (AvgIpc) is 3.59. The molecule has 0 bridgehead atoms. The van der Waals surface area contributed by atoms with Gasteiger partial charge in [-0.1, -0.05) is 41.0 Å². The molecule has 1 N–H and O–H groups in total. The maximum absolute atomic E-state index is 12.8. The normalized spacial score (nSPS) is 17.9. The molecule has 2 unspecified atom stereocenters. The quantitative estimate of drug-likeness (QED) is 0.329. The Morgan fingerprint density at radius 1 is 1.09 bits per heavy atom. The van der Waals surface area contributed by atoms with Crippen LogP contribution in [0.25, 0.3) is 11.1 Å². The molecule has 5 nitrogen and oxygen atoms in total. The molecule has 1 aromatic heterocycles. The van der Waals surface area contributed by atoms with Crippen LogP contribution < -0.4 is 10.2 Å². The maximum atomic E-state index is 12.8. The van der Waals surface area contributed by atoms with E-state index in [1.165, 1.54) is 13.3 Å². The number of rotatable bonds is 6. The van der Waals surface area contributed by atoms with E-state index in [4.69, 9.17) is 21.2 Å².